The van der Waals surface area contributed by atoms with Gasteiger partial charge in [-0.05, 0) is 32.9 Å². The first-order valence-corrected chi connectivity index (χ1v) is 7.79. The number of hydrogen-bond acceptors (Lipinski definition) is 3. The summed E-state index contributed by atoms with van der Waals surface area (Å²) >= 11 is 0. The van der Waals surface area contributed by atoms with Crippen molar-refractivity contribution < 1.29 is 18.7 Å². The third-order valence-corrected chi connectivity index (χ3v) is 4.27. The van der Waals surface area contributed by atoms with E-state index in [1.807, 2.05) is 20.8 Å². The average Bonchev–Trinajstić information content (AvgIpc) is 2.90. The molecule has 1 aromatic carbocycles. The van der Waals surface area contributed by atoms with E-state index in [-0.39, 0.29) is 29.3 Å². The van der Waals surface area contributed by atoms with Crippen molar-refractivity contribution in [3.63, 3.8) is 0 Å². The summed E-state index contributed by atoms with van der Waals surface area (Å²) in [7, 11) is 0. The minimum absolute atomic E-state index is 0.0505. The zero-order valence-electron chi connectivity index (χ0n) is 13.5. The first-order valence-electron chi connectivity index (χ1n) is 7.79. The standard InChI is InChI=1S/C17H21FN2O3/c1-17(2,3)23-16(22)19-14-11-8-20(9-12(11)14)15(21)10-6-4-5-7-13(10)18/h4-7,11-12,14H,8-9H2,1-3H3,(H,19,22)/t11-,12+,14?. The number of piperidine rings is 1. The fourth-order valence-electron chi connectivity index (χ4n) is 3.15. The molecule has 2 aliphatic rings. The van der Waals surface area contributed by atoms with Crippen molar-refractivity contribution in [3.8, 4) is 0 Å². The van der Waals surface area contributed by atoms with Crippen LogP contribution in [0.1, 0.15) is 31.1 Å². The first kappa shape index (κ1) is 15.8. The number of alkyl carbamates (subject to hydrolysis) is 1. The Morgan fingerprint density at radius 1 is 1.22 bits per heavy atom. The highest BCUT2D eigenvalue weighted by Crippen LogP contribution is 2.46. The topological polar surface area (TPSA) is 58.6 Å². The highest BCUT2D eigenvalue weighted by atomic mass is 19.1. The maximum Gasteiger partial charge on any atom is 0.407 e. The second kappa shape index (κ2) is 5.51. The second-order valence-electron chi connectivity index (χ2n) is 7.19. The van der Waals surface area contributed by atoms with Gasteiger partial charge in [-0.3, -0.25) is 4.79 Å². The van der Waals surface area contributed by atoms with Gasteiger partial charge in [-0.15, -0.1) is 0 Å². The fraction of sp³-hybridized carbons (Fsp3) is 0.529. The van der Waals surface area contributed by atoms with Crippen LogP contribution in [0.3, 0.4) is 0 Å². The van der Waals surface area contributed by atoms with Gasteiger partial charge in [0.05, 0.1) is 5.56 Å². The molecule has 0 radical (unpaired) electrons. The largest absolute Gasteiger partial charge is 0.444 e. The van der Waals surface area contributed by atoms with E-state index in [9.17, 15) is 14.0 Å². The third-order valence-electron chi connectivity index (χ3n) is 4.27. The molecule has 124 valence electrons. The lowest BCUT2D eigenvalue weighted by atomic mass is 10.2. The van der Waals surface area contributed by atoms with Crippen molar-refractivity contribution in [2.45, 2.75) is 32.4 Å². The van der Waals surface area contributed by atoms with Gasteiger partial charge in [0.2, 0.25) is 0 Å². The number of likely N-dealkylation sites (tertiary alicyclic amines) is 1. The summed E-state index contributed by atoms with van der Waals surface area (Å²) in [5.74, 6) is -0.315. The summed E-state index contributed by atoms with van der Waals surface area (Å²) in [4.78, 5) is 25.7. The van der Waals surface area contributed by atoms with Crippen molar-refractivity contribution in [2.24, 2.45) is 11.8 Å². The number of halogens is 1. The molecule has 3 atom stereocenters. The molecule has 23 heavy (non-hydrogen) atoms. The molecule has 2 fully saturated rings. The highest BCUT2D eigenvalue weighted by Gasteiger charge is 2.57. The molecule has 5 nitrogen and oxygen atoms in total. The minimum Gasteiger partial charge on any atom is -0.444 e. The van der Waals surface area contributed by atoms with Gasteiger partial charge in [0.25, 0.3) is 5.91 Å². The Morgan fingerprint density at radius 2 is 1.83 bits per heavy atom. The van der Waals surface area contributed by atoms with Crippen LogP contribution in [0.25, 0.3) is 0 Å². The van der Waals surface area contributed by atoms with Gasteiger partial charge in [0, 0.05) is 31.0 Å². The van der Waals surface area contributed by atoms with Crippen LogP contribution in [0.15, 0.2) is 24.3 Å². The third kappa shape index (κ3) is 3.30. The Hall–Kier alpha value is -2.11. The lowest BCUT2D eigenvalue weighted by Crippen LogP contribution is -2.39. The number of nitrogens with one attached hydrogen (secondary N) is 1. The molecule has 6 heteroatoms. The zero-order chi connectivity index (χ0) is 16.8. The molecule has 3 rings (SSSR count). The second-order valence-corrected chi connectivity index (χ2v) is 7.19. The van der Waals surface area contributed by atoms with Crippen LogP contribution in [0.4, 0.5) is 9.18 Å². The van der Waals surface area contributed by atoms with E-state index in [0.717, 1.165) is 0 Å². The van der Waals surface area contributed by atoms with Crippen LogP contribution in [-0.4, -0.2) is 41.6 Å². The smallest absolute Gasteiger partial charge is 0.407 e. The van der Waals surface area contributed by atoms with E-state index in [0.29, 0.717) is 13.1 Å². The number of benzene rings is 1. The zero-order valence-corrected chi connectivity index (χ0v) is 13.5. The lowest BCUT2D eigenvalue weighted by Gasteiger charge is -2.22. The summed E-state index contributed by atoms with van der Waals surface area (Å²) in [6, 6.07) is 6.05. The first-order chi connectivity index (χ1) is 10.8. The molecule has 1 aliphatic carbocycles. The van der Waals surface area contributed by atoms with E-state index in [4.69, 9.17) is 4.74 Å². The maximum atomic E-state index is 13.7. The summed E-state index contributed by atoms with van der Waals surface area (Å²) in [5, 5.41) is 2.85. The molecule has 2 amide bonds. The number of ether oxygens (including phenoxy) is 1. The number of rotatable bonds is 2. The SMILES string of the molecule is CC(C)(C)OC(=O)NC1[C@H]2CN(C(=O)c3ccccc3F)C[C@@H]12. The Balaban J connectivity index is 1.53. The summed E-state index contributed by atoms with van der Waals surface area (Å²) in [5.41, 5.74) is -0.425. The van der Waals surface area contributed by atoms with Gasteiger partial charge in [-0.2, -0.15) is 0 Å². The van der Waals surface area contributed by atoms with Crippen molar-refractivity contribution in [3.05, 3.63) is 35.6 Å². The average molecular weight is 320 g/mol. The molecule has 1 unspecified atom stereocenters. The van der Waals surface area contributed by atoms with Crippen molar-refractivity contribution in [1.29, 1.82) is 0 Å². The van der Waals surface area contributed by atoms with Crippen LogP contribution in [-0.2, 0) is 4.74 Å². The number of nitrogens with zero attached hydrogens (tertiary/aromatic N) is 1. The van der Waals surface area contributed by atoms with E-state index in [1.54, 1.807) is 17.0 Å². The molecule has 1 saturated heterocycles. The summed E-state index contributed by atoms with van der Waals surface area (Å²) < 4.78 is 18.9. The minimum atomic E-state index is -0.527. The maximum absolute atomic E-state index is 13.7. The number of carbonyl (C=O) groups is 2. The molecule has 1 heterocycles. The predicted octanol–water partition coefficient (Wildman–Crippen LogP) is 2.42. The van der Waals surface area contributed by atoms with Gasteiger partial charge in [0.1, 0.15) is 11.4 Å². The van der Waals surface area contributed by atoms with Crippen molar-refractivity contribution in [1.82, 2.24) is 10.2 Å². The van der Waals surface area contributed by atoms with Crippen LogP contribution in [0.5, 0.6) is 0 Å². The quantitative estimate of drug-likeness (QED) is 0.910. The van der Waals surface area contributed by atoms with Gasteiger partial charge in [-0.1, -0.05) is 12.1 Å². The summed E-state index contributed by atoms with van der Waals surface area (Å²) in [6.45, 7) is 6.52. The van der Waals surface area contributed by atoms with Gasteiger partial charge >= 0.3 is 6.09 Å². The van der Waals surface area contributed by atoms with Crippen LogP contribution >= 0.6 is 0 Å². The van der Waals surface area contributed by atoms with Gasteiger partial charge in [-0.25, -0.2) is 9.18 Å². The Labute approximate surface area is 134 Å². The van der Waals surface area contributed by atoms with E-state index < -0.39 is 17.5 Å². The number of carbonyl (C=O) groups excluding carboxylic acids is 2. The van der Waals surface area contributed by atoms with E-state index in [2.05, 4.69) is 5.32 Å². The Morgan fingerprint density at radius 3 is 2.39 bits per heavy atom. The van der Waals surface area contributed by atoms with Gasteiger partial charge < -0.3 is 15.0 Å². The van der Waals surface area contributed by atoms with E-state index in [1.165, 1.54) is 12.1 Å². The van der Waals surface area contributed by atoms with Crippen LogP contribution < -0.4 is 5.32 Å². The van der Waals surface area contributed by atoms with Crippen LogP contribution in [0.2, 0.25) is 0 Å². The van der Waals surface area contributed by atoms with Crippen molar-refractivity contribution >= 4 is 12.0 Å². The molecular weight excluding hydrogens is 299 g/mol. The number of amides is 2. The molecular formula is C17H21FN2O3. The molecule has 1 saturated carbocycles. The van der Waals surface area contributed by atoms with Crippen LogP contribution in [0, 0.1) is 17.7 Å². The molecule has 0 spiro atoms. The normalized spacial score (nSPS) is 25.7. The molecule has 1 aliphatic heterocycles. The summed E-state index contributed by atoms with van der Waals surface area (Å²) in [6.07, 6.45) is -0.427. The number of fused-ring (bicyclic) bond motifs is 1. The number of hydrogen-bond donors (Lipinski definition) is 1. The Kier molecular flexibility index (Phi) is 3.78. The van der Waals surface area contributed by atoms with E-state index >= 15 is 0 Å². The molecule has 0 aromatic heterocycles. The molecule has 1 aromatic rings. The Bertz CT molecular complexity index is 629. The molecule has 1 N–H and O–H groups in total. The lowest BCUT2D eigenvalue weighted by molar-refractivity contribution is 0.0513. The van der Waals surface area contributed by atoms with Crippen molar-refractivity contribution in [2.75, 3.05) is 13.1 Å². The fourth-order valence-corrected chi connectivity index (χ4v) is 3.15. The monoisotopic (exact) mass is 320 g/mol. The van der Waals surface area contributed by atoms with Gasteiger partial charge in [0.15, 0.2) is 0 Å². The molecule has 0 bridgehead atoms. The predicted molar refractivity (Wildman–Crippen MR) is 82.4 cm³/mol. The highest BCUT2D eigenvalue weighted by molar-refractivity contribution is 5.94.